The Morgan fingerprint density at radius 1 is 1.06 bits per heavy atom. The number of nitrogens with one attached hydrogen (secondary N) is 1. The van der Waals surface area contributed by atoms with Crippen molar-refractivity contribution in [2.24, 2.45) is 5.73 Å². The Balaban J connectivity index is -0.0000000354. The summed E-state index contributed by atoms with van der Waals surface area (Å²) in [6.07, 6.45) is 0. The van der Waals surface area contributed by atoms with E-state index in [-0.39, 0.29) is 0 Å². The Kier molecular flexibility index (Phi) is 67.8. The third-order valence-electron chi connectivity index (χ3n) is 0.390. The van der Waals surface area contributed by atoms with E-state index in [1.807, 2.05) is 41.5 Å². The molecule has 0 bridgehead atoms. The Bertz CT molecular complexity index is 120. The minimum Gasteiger partial charge on any atom is -0.480 e. The van der Waals surface area contributed by atoms with Crippen LogP contribution in [0.3, 0.4) is 0 Å². The largest absolute Gasteiger partial charge is 0.480 e. The smallest absolute Gasteiger partial charge is 0.320 e. The minimum absolute atomic E-state index is 0.667. The normalized spacial score (nSPS) is 7.88. The zero-order valence-electron chi connectivity index (χ0n) is 12.5. The molecule has 0 aliphatic carbocycles. The minimum atomic E-state index is -0.963. The quantitative estimate of drug-likeness (QED) is 0.608. The van der Waals surface area contributed by atoms with Crippen molar-refractivity contribution in [2.75, 3.05) is 0 Å². The first-order valence-electron chi connectivity index (χ1n) is 5.88. The lowest BCUT2D eigenvalue weighted by atomic mass is 10.4. The second-order valence-electron chi connectivity index (χ2n) is 2.13. The number of aliphatic carboxylic acids is 1. The van der Waals surface area contributed by atoms with Crippen molar-refractivity contribution in [3.63, 3.8) is 0 Å². The molecule has 0 spiro atoms. The summed E-state index contributed by atoms with van der Waals surface area (Å²) in [5, 5.41) is 14.4. The van der Waals surface area contributed by atoms with Gasteiger partial charge in [0, 0.05) is 5.71 Å². The van der Waals surface area contributed by atoms with E-state index in [9.17, 15) is 4.79 Å². The van der Waals surface area contributed by atoms with Crippen molar-refractivity contribution in [1.29, 1.82) is 5.41 Å². The van der Waals surface area contributed by atoms with E-state index in [2.05, 4.69) is 0 Å². The Morgan fingerprint density at radius 3 is 1.12 bits per heavy atom. The molecule has 0 aliphatic rings. The highest BCUT2D eigenvalue weighted by atomic mass is 16.4. The lowest BCUT2D eigenvalue weighted by molar-refractivity contribution is -0.138. The van der Waals surface area contributed by atoms with Crippen molar-refractivity contribution in [1.82, 2.24) is 0 Å². The maximum Gasteiger partial charge on any atom is 0.320 e. The predicted molar refractivity (Wildman–Crippen MR) is 74.4 cm³/mol. The van der Waals surface area contributed by atoms with E-state index in [0.29, 0.717) is 5.71 Å². The summed E-state index contributed by atoms with van der Waals surface area (Å²) in [6.45, 7) is 16.9. The lowest BCUT2D eigenvalue weighted by Gasteiger charge is -1.90. The van der Waals surface area contributed by atoms with Crippen LogP contribution < -0.4 is 5.73 Å². The van der Waals surface area contributed by atoms with Gasteiger partial charge in [-0.1, -0.05) is 41.5 Å². The summed E-state index contributed by atoms with van der Waals surface area (Å²) in [5.41, 5.74) is 5.50. The standard InChI is InChI=1S/C3H7NO2.C3H7N.3C2H6/c1-2(4)3(5)6;1-3(2)4;3*1-2/h2H,4H2,1H3,(H,5,6);4H,1-2H3;3*1-2H3. The molecule has 0 amide bonds. The molecule has 0 fully saturated rings. The molecular formula is C12H32N2O2. The molecule has 1 atom stereocenters. The fraction of sp³-hybridized carbons (Fsp3) is 0.833. The van der Waals surface area contributed by atoms with Crippen LogP contribution in [-0.2, 0) is 4.79 Å². The second-order valence-corrected chi connectivity index (χ2v) is 2.13. The molecule has 4 heteroatoms. The van der Waals surface area contributed by atoms with Gasteiger partial charge in [0.05, 0.1) is 0 Å². The highest BCUT2D eigenvalue weighted by molar-refractivity contribution is 5.75. The van der Waals surface area contributed by atoms with Crippen molar-refractivity contribution in [2.45, 2.75) is 68.4 Å². The van der Waals surface area contributed by atoms with E-state index in [0.717, 1.165) is 0 Å². The first-order chi connectivity index (χ1) is 7.37. The number of nitrogens with two attached hydrogens (primary N) is 1. The summed E-state index contributed by atoms with van der Waals surface area (Å²) in [6, 6.07) is -0.731. The molecule has 102 valence electrons. The van der Waals surface area contributed by atoms with Crippen LogP contribution in [0.5, 0.6) is 0 Å². The van der Waals surface area contributed by atoms with E-state index in [1.165, 1.54) is 6.92 Å². The average molecular weight is 236 g/mol. The van der Waals surface area contributed by atoms with E-state index in [4.69, 9.17) is 16.2 Å². The van der Waals surface area contributed by atoms with Crippen molar-refractivity contribution in [3.8, 4) is 0 Å². The third kappa shape index (κ3) is 200. The van der Waals surface area contributed by atoms with E-state index >= 15 is 0 Å². The fourth-order valence-electron chi connectivity index (χ4n) is 0. The lowest BCUT2D eigenvalue weighted by Crippen LogP contribution is -2.25. The molecule has 0 aromatic carbocycles. The van der Waals surface area contributed by atoms with Gasteiger partial charge in [-0.2, -0.15) is 0 Å². The molecule has 0 aromatic heterocycles. The molecule has 0 rings (SSSR count). The molecule has 4 N–H and O–H groups in total. The van der Waals surface area contributed by atoms with Gasteiger partial charge in [0.2, 0.25) is 0 Å². The zero-order chi connectivity index (χ0) is 14.7. The number of hydrogen-bond donors (Lipinski definition) is 3. The maximum absolute atomic E-state index is 9.57. The molecule has 0 heterocycles. The molecule has 16 heavy (non-hydrogen) atoms. The first-order valence-corrected chi connectivity index (χ1v) is 5.88. The highest BCUT2D eigenvalue weighted by Gasteiger charge is 1.99. The van der Waals surface area contributed by atoms with Gasteiger partial charge < -0.3 is 16.2 Å². The summed E-state index contributed by atoms with van der Waals surface area (Å²) >= 11 is 0. The van der Waals surface area contributed by atoms with Crippen LogP contribution in [0, 0.1) is 5.41 Å². The van der Waals surface area contributed by atoms with Crippen LogP contribution in [0.4, 0.5) is 0 Å². The van der Waals surface area contributed by atoms with E-state index in [1.54, 1.807) is 13.8 Å². The van der Waals surface area contributed by atoms with Crippen LogP contribution in [0.25, 0.3) is 0 Å². The maximum atomic E-state index is 9.57. The molecule has 0 aliphatic heterocycles. The summed E-state index contributed by atoms with van der Waals surface area (Å²) in [5.74, 6) is -0.963. The van der Waals surface area contributed by atoms with Crippen LogP contribution in [0.2, 0.25) is 0 Å². The van der Waals surface area contributed by atoms with Gasteiger partial charge in [0.1, 0.15) is 6.04 Å². The summed E-state index contributed by atoms with van der Waals surface area (Å²) in [7, 11) is 0. The van der Waals surface area contributed by atoms with Crippen LogP contribution in [-0.4, -0.2) is 22.8 Å². The average Bonchev–Trinajstić information content (AvgIpc) is 2.25. The third-order valence-corrected chi connectivity index (χ3v) is 0.390. The van der Waals surface area contributed by atoms with Crippen LogP contribution in [0.1, 0.15) is 62.3 Å². The number of rotatable bonds is 1. The van der Waals surface area contributed by atoms with Crippen molar-refractivity contribution < 1.29 is 9.90 Å². The van der Waals surface area contributed by atoms with Gasteiger partial charge in [0.15, 0.2) is 0 Å². The van der Waals surface area contributed by atoms with Gasteiger partial charge in [-0.3, -0.25) is 4.79 Å². The zero-order valence-corrected chi connectivity index (χ0v) is 12.5. The molecule has 0 saturated carbocycles. The van der Waals surface area contributed by atoms with Crippen molar-refractivity contribution >= 4 is 11.7 Å². The van der Waals surface area contributed by atoms with Gasteiger partial charge in [-0.15, -0.1) is 0 Å². The molecule has 0 saturated heterocycles. The Morgan fingerprint density at radius 2 is 1.12 bits per heavy atom. The summed E-state index contributed by atoms with van der Waals surface area (Å²) in [4.78, 5) is 9.57. The topological polar surface area (TPSA) is 87.2 Å². The molecule has 1 unspecified atom stereocenters. The van der Waals surface area contributed by atoms with Gasteiger partial charge in [-0.25, -0.2) is 0 Å². The number of hydrogen-bond acceptors (Lipinski definition) is 3. The summed E-state index contributed by atoms with van der Waals surface area (Å²) < 4.78 is 0. The van der Waals surface area contributed by atoms with Crippen LogP contribution in [0.15, 0.2) is 0 Å². The van der Waals surface area contributed by atoms with Gasteiger partial charge in [-0.05, 0) is 20.8 Å². The highest BCUT2D eigenvalue weighted by Crippen LogP contribution is 1.68. The van der Waals surface area contributed by atoms with Gasteiger partial charge in [0.25, 0.3) is 0 Å². The van der Waals surface area contributed by atoms with E-state index < -0.39 is 12.0 Å². The van der Waals surface area contributed by atoms with Crippen LogP contribution >= 0.6 is 0 Å². The molecule has 0 aromatic rings. The molecule has 0 radical (unpaired) electrons. The molecule has 4 nitrogen and oxygen atoms in total. The SMILES string of the molecule is CC.CC.CC.CC(C)=N.CC(N)C(=O)O. The first kappa shape index (κ1) is 29.4. The monoisotopic (exact) mass is 236 g/mol. The predicted octanol–water partition coefficient (Wildman–Crippen LogP) is 3.54. The fourth-order valence-corrected chi connectivity index (χ4v) is 0. The Labute approximate surface area is 102 Å². The molecular weight excluding hydrogens is 204 g/mol. The number of carboxylic acid groups (broad SMARTS) is 1. The van der Waals surface area contributed by atoms with Crippen molar-refractivity contribution in [3.05, 3.63) is 0 Å². The second kappa shape index (κ2) is 36.9. The Hall–Kier alpha value is -0.900. The number of carboxylic acids is 1. The van der Waals surface area contributed by atoms with Gasteiger partial charge >= 0.3 is 5.97 Å². The number of carbonyl (C=O) groups is 1.